The molecule has 0 saturated carbocycles. The van der Waals surface area contributed by atoms with E-state index in [4.69, 9.17) is 5.73 Å². The molecule has 3 atom stereocenters. The monoisotopic (exact) mass is 328 g/mol. The molecule has 4 heteroatoms. The fourth-order valence-electron chi connectivity index (χ4n) is 2.97. The van der Waals surface area contributed by atoms with Crippen molar-refractivity contribution < 1.29 is 4.39 Å². The van der Waals surface area contributed by atoms with Crippen LogP contribution in [-0.4, -0.2) is 24.0 Å². The van der Waals surface area contributed by atoms with Crippen LogP contribution >= 0.6 is 15.9 Å². The van der Waals surface area contributed by atoms with Crippen LogP contribution in [0.5, 0.6) is 0 Å². The molecule has 2 N–H and O–H groups in total. The maximum Gasteiger partial charge on any atom is 0.129 e. The highest BCUT2D eigenvalue weighted by molar-refractivity contribution is 9.10. The van der Waals surface area contributed by atoms with Crippen LogP contribution in [0.4, 0.5) is 4.39 Å². The van der Waals surface area contributed by atoms with Gasteiger partial charge >= 0.3 is 0 Å². The molecular weight excluding hydrogens is 307 g/mol. The lowest BCUT2D eigenvalue weighted by Gasteiger charge is -2.42. The molecule has 2 nitrogen and oxygen atoms in total. The van der Waals surface area contributed by atoms with Crippen molar-refractivity contribution in [1.29, 1.82) is 0 Å². The number of hydrogen-bond donors (Lipinski definition) is 1. The van der Waals surface area contributed by atoms with Crippen LogP contribution in [0.1, 0.15) is 38.3 Å². The fraction of sp³-hybridized carbons (Fsp3) is 0.600. The van der Waals surface area contributed by atoms with Gasteiger partial charge in [0.2, 0.25) is 0 Å². The zero-order valence-electron chi connectivity index (χ0n) is 11.6. The average Bonchev–Trinajstić information content (AvgIpc) is 2.36. The van der Waals surface area contributed by atoms with E-state index in [1.165, 1.54) is 12.5 Å². The molecule has 19 heavy (non-hydrogen) atoms. The van der Waals surface area contributed by atoms with Gasteiger partial charge in [0.25, 0.3) is 0 Å². The standard InChI is InChI=1S/C15H22BrFN2/c1-10-3-4-11(2)19(9-10)15(8-18)13-6-5-12(16)7-14(13)17/h5-7,10-11,15H,3-4,8-9,18H2,1-2H3. The molecule has 0 radical (unpaired) electrons. The van der Waals surface area contributed by atoms with Crippen LogP contribution < -0.4 is 5.73 Å². The minimum atomic E-state index is -0.171. The van der Waals surface area contributed by atoms with E-state index in [0.717, 1.165) is 17.4 Å². The van der Waals surface area contributed by atoms with E-state index in [1.54, 1.807) is 0 Å². The minimum Gasteiger partial charge on any atom is -0.329 e. The Morgan fingerprint density at radius 3 is 2.79 bits per heavy atom. The number of rotatable bonds is 3. The van der Waals surface area contributed by atoms with Gasteiger partial charge in [-0.05, 0) is 37.8 Å². The first-order valence-electron chi connectivity index (χ1n) is 6.93. The van der Waals surface area contributed by atoms with Gasteiger partial charge in [-0.2, -0.15) is 0 Å². The Morgan fingerprint density at radius 1 is 1.42 bits per heavy atom. The van der Waals surface area contributed by atoms with Crippen molar-refractivity contribution in [1.82, 2.24) is 4.90 Å². The fourth-order valence-corrected chi connectivity index (χ4v) is 3.30. The number of halogens is 2. The first kappa shape index (κ1) is 14.9. The van der Waals surface area contributed by atoms with Gasteiger partial charge in [-0.25, -0.2) is 4.39 Å². The van der Waals surface area contributed by atoms with Crippen LogP contribution in [0.15, 0.2) is 22.7 Å². The van der Waals surface area contributed by atoms with Crippen molar-refractivity contribution in [3.8, 4) is 0 Å². The molecule has 0 bridgehead atoms. The Hall–Kier alpha value is -0.450. The van der Waals surface area contributed by atoms with Gasteiger partial charge in [-0.3, -0.25) is 4.90 Å². The van der Waals surface area contributed by atoms with Gasteiger partial charge in [0.15, 0.2) is 0 Å². The Bertz CT molecular complexity index is 438. The Labute approximate surface area is 123 Å². The molecule has 0 amide bonds. The number of likely N-dealkylation sites (tertiary alicyclic amines) is 1. The maximum atomic E-state index is 14.2. The van der Waals surface area contributed by atoms with Crippen LogP contribution in [0.25, 0.3) is 0 Å². The molecule has 1 aromatic rings. The number of nitrogens with two attached hydrogens (primary N) is 1. The van der Waals surface area contributed by atoms with Crippen molar-refractivity contribution in [2.75, 3.05) is 13.1 Å². The van der Waals surface area contributed by atoms with E-state index in [0.29, 0.717) is 24.1 Å². The Balaban J connectivity index is 2.27. The van der Waals surface area contributed by atoms with Gasteiger partial charge in [-0.15, -0.1) is 0 Å². The van der Waals surface area contributed by atoms with Crippen molar-refractivity contribution in [3.63, 3.8) is 0 Å². The average molecular weight is 329 g/mol. The Morgan fingerprint density at radius 2 is 2.16 bits per heavy atom. The SMILES string of the molecule is CC1CCC(C)N(C(CN)c2ccc(Br)cc2F)C1. The zero-order chi connectivity index (χ0) is 14.0. The second-order valence-corrected chi connectivity index (χ2v) is 6.56. The number of piperidine rings is 1. The van der Waals surface area contributed by atoms with Crippen LogP contribution in [0.3, 0.4) is 0 Å². The van der Waals surface area contributed by atoms with E-state index in [-0.39, 0.29) is 11.9 Å². The lowest BCUT2D eigenvalue weighted by molar-refractivity contribution is 0.0781. The molecule has 0 aromatic heterocycles. The van der Waals surface area contributed by atoms with Gasteiger partial charge in [-0.1, -0.05) is 28.9 Å². The summed E-state index contributed by atoms with van der Waals surface area (Å²) in [4.78, 5) is 2.36. The molecule has 1 aliphatic heterocycles. The molecule has 1 fully saturated rings. The van der Waals surface area contributed by atoms with Crippen molar-refractivity contribution >= 4 is 15.9 Å². The zero-order valence-corrected chi connectivity index (χ0v) is 13.2. The summed E-state index contributed by atoms with van der Waals surface area (Å²) in [5.41, 5.74) is 6.64. The van der Waals surface area contributed by atoms with E-state index in [1.807, 2.05) is 12.1 Å². The number of hydrogen-bond acceptors (Lipinski definition) is 2. The van der Waals surface area contributed by atoms with Gasteiger partial charge in [0.05, 0.1) is 6.04 Å². The second kappa shape index (κ2) is 6.33. The number of benzene rings is 1. The van der Waals surface area contributed by atoms with Crippen molar-refractivity contribution in [2.24, 2.45) is 11.7 Å². The molecular formula is C15H22BrFN2. The molecule has 1 aliphatic rings. The quantitative estimate of drug-likeness (QED) is 0.916. The summed E-state index contributed by atoms with van der Waals surface area (Å²) in [5, 5.41) is 0. The summed E-state index contributed by atoms with van der Waals surface area (Å²) >= 11 is 3.30. The first-order valence-corrected chi connectivity index (χ1v) is 7.73. The maximum absolute atomic E-state index is 14.2. The summed E-state index contributed by atoms with van der Waals surface area (Å²) in [6.45, 7) is 5.92. The third-order valence-electron chi connectivity index (χ3n) is 4.11. The molecule has 0 spiro atoms. The predicted octanol–water partition coefficient (Wildman–Crippen LogP) is 3.71. The largest absolute Gasteiger partial charge is 0.329 e. The van der Waals surface area contributed by atoms with E-state index in [2.05, 4.69) is 34.7 Å². The summed E-state index contributed by atoms with van der Waals surface area (Å²) in [6.07, 6.45) is 2.41. The molecule has 106 valence electrons. The molecule has 3 unspecified atom stereocenters. The van der Waals surface area contributed by atoms with Gasteiger partial charge < -0.3 is 5.73 Å². The summed E-state index contributed by atoms with van der Waals surface area (Å²) in [5.74, 6) is 0.485. The highest BCUT2D eigenvalue weighted by Gasteiger charge is 2.30. The van der Waals surface area contributed by atoms with Crippen molar-refractivity contribution in [3.05, 3.63) is 34.1 Å². The smallest absolute Gasteiger partial charge is 0.129 e. The Kier molecular flexibility index (Phi) is 4.98. The summed E-state index contributed by atoms with van der Waals surface area (Å²) < 4.78 is 14.9. The van der Waals surface area contributed by atoms with Crippen LogP contribution in [-0.2, 0) is 0 Å². The number of nitrogens with zero attached hydrogens (tertiary/aromatic N) is 1. The van der Waals surface area contributed by atoms with Gasteiger partial charge in [0.1, 0.15) is 5.82 Å². The van der Waals surface area contributed by atoms with Crippen LogP contribution in [0.2, 0.25) is 0 Å². The van der Waals surface area contributed by atoms with E-state index < -0.39 is 0 Å². The van der Waals surface area contributed by atoms with E-state index >= 15 is 0 Å². The lowest BCUT2D eigenvalue weighted by Crippen LogP contribution is -2.45. The van der Waals surface area contributed by atoms with E-state index in [9.17, 15) is 4.39 Å². The molecule has 1 aromatic carbocycles. The highest BCUT2D eigenvalue weighted by Crippen LogP contribution is 2.32. The molecule has 2 rings (SSSR count). The van der Waals surface area contributed by atoms with Gasteiger partial charge in [0, 0.05) is 29.2 Å². The third-order valence-corrected chi connectivity index (χ3v) is 4.60. The molecule has 0 aliphatic carbocycles. The normalized spacial score (nSPS) is 26.4. The minimum absolute atomic E-state index is 0.0224. The summed E-state index contributed by atoms with van der Waals surface area (Å²) in [7, 11) is 0. The molecule has 1 heterocycles. The summed E-state index contributed by atoms with van der Waals surface area (Å²) in [6, 6.07) is 5.71. The third kappa shape index (κ3) is 3.36. The molecule has 1 saturated heterocycles. The topological polar surface area (TPSA) is 29.3 Å². The lowest BCUT2D eigenvalue weighted by atomic mass is 9.91. The van der Waals surface area contributed by atoms with Crippen molar-refractivity contribution in [2.45, 2.75) is 38.8 Å². The second-order valence-electron chi connectivity index (χ2n) is 5.65. The first-order chi connectivity index (χ1) is 9.02. The predicted molar refractivity (Wildman–Crippen MR) is 80.5 cm³/mol. The van der Waals surface area contributed by atoms with Crippen LogP contribution in [0, 0.1) is 11.7 Å². The highest BCUT2D eigenvalue weighted by atomic mass is 79.9.